The number of carbonyl (C=O) groups is 2. The highest BCUT2D eigenvalue weighted by Gasteiger charge is 2.23. The first kappa shape index (κ1) is 17.0. The molecule has 0 spiro atoms. The number of phenols is 1. The van der Waals surface area contributed by atoms with Gasteiger partial charge in [-0.25, -0.2) is 0 Å². The fourth-order valence-electron chi connectivity index (χ4n) is 1.73. The van der Waals surface area contributed by atoms with E-state index < -0.39 is 22.9 Å². The third kappa shape index (κ3) is 5.10. The van der Waals surface area contributed by atoms with Crippen LogP contribution in [0.3, 0.4) is 0 Å². The predicted molar refractivity (Wildman–Crippen MR) is 82.5 cm³/mol. The molecule has 1 aromatic rings. The van der Waals surface area contributed by atoms with Crippen LogP contribution < -0.4 is 10.6 Å². The van der Waals surface area contributed by atoms with Crippen molar-refractivity contribution in [3.63, 3.8) is 0 Å². The maximum absolute atomic E-state index is 12.1. The molecule has 0 aliphatic rings. The van der Waals surface area contributed by atoms with Crippen LogP contribution in [0.4, 0.5) is 0 Å². The van der Waals surface area contributed by atoms with E-state index in [0.29, 0.717) is 0 Å². The quantitative estimate of drug-likeness (QED) is 0.783. The summed E-state index contributed by atoms with van der Waals surface area (Å²) in [6, 6.07) is 4.56. The summed E-state index contributed by atoms with van der Waals surface area (Å²) >= 11 is 0. The normalized spacial score (nSPS) is 11.9. The highest BCUT2D eigenvalue weighted by molar-refractivity contribution is 6.04. The number of hydrogen-bond acceptors (Lipinski definition) is 3. The van der Waals surface area contributed by atoms with Crippen LogP contribution in [-0.4, -0.2) is 28.0 Å². The van der Waals surface area contributed by atoms with Crippen LogP contribution >= 0.6 is 0 Å². The average Bonchev–Trinajstić information content (AvgIpc) is 2.23. The molecule has 0 saturated carbocycles. The highest BCUT2D eigenvalue weighted by Crippen LogP contribution is 2.23. The molecule has 1 aromatic carbocycles. The molecular weight excluding hydrogens is 268 g/mol. The number of para-hydroxylation sites is 1. The lowest BCUT2D eigenvalue weighted by Gasteiger charge is -2.22. The third-order valence-corrected chi connectivity index (χ3v) is 2.50. The minimum Gasteiger partial charge on any atom is -0.506 e. The second-order valence-corrected chi connectivity index (χ2v) is 7.11. The molecule has 0 aromatic heterocycles. The van der Waals surface area contributed by atoms with Gasteiger partial charge in [-0.05, 0) is 53.7 Å². The molecule has 21 heavy (non-hydrogen) atoms. The van der Waals surface area contributed by atoms with Gasteiger partial charge in [-0.3, -0.25) is 9.59 Å². The summed E-state index contributed by atoms with van der Waals surface area (Å²) in [4.78, 5) is 24.3. The monoisotopic (exact) mass is 292 g/mol. The van der Waals surface area contributed by atoms with E-state index in [9.17, 15) is 14.7 Å². The standard InChI is InChI=1S/C16H24N2O3/c1-15(2,3)17-13(20)10-8-7-9-11(12(10)19)14(21)18-16(4,5)6/h7-9,19H,1-6H3,(H,17,20)(H,18,21). The first-order valence-electron chi connectivity index (χ1n) is 6.88. The van der Waals surface area contributed by atoms with Crippen LogP contribution in [0.2, 0.25) is 0 Å². The van der Waals surface area contributed by atoms with Gasteiger partial charge in [0.2, 0.25) is 0 Å². The molecule has 0 saturated heterocycles. The lowest BCUT2D eigenvalue weighted by Crippen LogP contribution is -2.41. The minimum absolute atomic E-state index is 0.0893. The van der Waals surface area contributed by atoms with Gasteiger partial charge < -0.3 is 15.7 Å². The molecule has 0 atom stereocenters. The summed E-state index contributed by atoms with van der Waals surface area (Å²) in [7, 11) is 0. The first-order chi connectivity index (χ1) is 9.41. The van der Waals surface area contributed by atoms with E-state index in [1.54, 1.807) is 6.07 Å². The SMILES string of the molecule is CC(C)(C)NC(=O)c1cccc(C(=O)NC(C)(C)C)c1O. The van der Waals surface area contributed by atoms with Crippen LogP contribution in [0.25, 0.3) is 0 Å². The minimum atomic E-state index is -0.423. The van der Waals surface area contributed by atoms with Crippen LogP contribution in [0.5, 0.6) is 5.75 Å². The van der Waals surface area contributed by atoms with Crippen molar-refractivity contribution in [2.75, 3.05) is 0 Å². The van der Waals surface area contributed by atoms with Crippen LogP contribution in [0, 0.1) is 0 Å². The first-order valence-corrected chi connectivity index (χ1v) is 6.88. The van der Waals surface area contributed by atoms with E-state index in [4.69, 9.17) is 0 Å². The second kappa shape index (κ2) is 5.76. The Morgan fingerprint density at radius 3 is 1.48 bits per heavy atom. The van der Waals surface area contributed by atoms with E-state index in [0.717, 1.165) is 0 Å². The Morgan fingerprint density at radius 1 is 0.857 bits per heavy atom. The molecule has 1 rings (SSSR count). The Balaban J connectivity index is 3.09. The van der Waals surface area contributed by atoms with Crippen molar-refractivity contribution in [3.8, 4) is 5.75 Å². The summed E-state index contributed by atoms with van der Waals surface area (Å²) < 4.78 is 0. The number of hydrogen-bond donors (Lipinski definition) is 3. The Hall–Kier alpha value is -2.04. The van der Waals surface area contributed by atoms with Crippen molar-refractivity contribution >= 4 is 11.8 Å². The van der Waals surface area contributed by atoms with E-state index in [1.807, 2.05) is 41.5 Å². The molecule has 116 valence electrons. The molecule has 0 bridgehead atoms. The smallest absolute Gasteiger partial charge is 0.255 e. The van der Waals surface area contributed by atoms with E-state index in [1.165, 1.54) is 12.1 Å². The number of carbonyl (C=O) groups excluding carboxylic acids is 2. The van der Waals surface area contributed by atoms with Gasteiger partial charge in [0.25, 0.3) is 11.8 Å². The van der Waals surface area contributed by atoms with Gasteiger partial charge in [-0.1, -0.05) is 6.07 Å². The molecule has 0 radical (unpaired) electrons. The number of nitrogens with one attached hydrogen (secondary N) is 2. The number of amides is 2. The Bertz CT molecular complexity index is 505. The van der Waals surface area contributed by atoms with Crippen LogP contribution in [-0.2, 0) is 0 Å². The lowest BCUT2D eigenvalue weighted by molar-refractivity contribution is 0.0916. The molecule has 3 N–H and O–H groups in total. The summed E-state index contributed by atoms with van der Waals surface area (Å²) in [6.45, 7) is 11.1. The molecule has 5 nitrogen and oxygen atoms in total. The van der Waals surface area contributed by atoms with E-state index in [2.05, 4.69) is 10.6 Å². The van der Waals surface area contributed by atoms with Gasteiger partial charge in [0.15, 0.2) is 0 Å². The Kier molecular flexibility index (Phi) is 4.66. The maximum Gasteiger partial charge on any atom is 0.255 e. The van der Waals surface area contributed by atoms with Crippen molar-refractivity contribution in [3.05, 3.63) is 29.3 Å². The highest BCUT2D eigenvalue weighted by atomic mass is 16.3. The van der Waals surface area contributed by atoms with Gasteiger partial charge in [0.1, 0.15) is 5.75 Å². The molecular formula is C16H24N2O3. The fraction of sp³-hybridized carbons (Fsp3) is 0.500. The molecule has 0 aliphatic heterocycles. The number of rotatable bonds is 2. The zero-order valence-corrected chi connectivity index (χ0v) is 13.5. The van der Waals surface area contributed by atoms with Crippen molar-refractivity contribution in [1.29, 1.82) is 0 Å². The van der Waals surface area contributed by atoms with E-state index >= 15 is 0 Å². The summed E-state index contributed by atoms with van der Waals surface area (Å²) in [5.41, 5.74) is -0.668. The number of phenolic OH excluding ortho intramolecular Hbond substituents is 1. The molecule has 5 heteroatoms. The molecule has 2 amide bonds. The van der Waals surface area contributed by atoms with Crippen LogP contribution in [0.1, 0.15) is 62.3 Å². The van der Waals surface area contributed by atoms with Gasteiger partial charge >= 0.3 is 0 Å². The summed E-state index contributed by atoms with van der Waals surface area (Å²) in [6.07, 6.45) is 0. The summed E-state index contributed by atoms with van der Waals surface area (Å²) in [5.74, 6) is -1.13. The van der Waals surface area contributed by atoms with Crippen molar-refractivity contribution in [1.82, 2.24) is 10.6 Å². The predicted octanol–water partition coefficient (Wildman–Crippen LogP) is 2.45. The largest absolute Gasteiger partial charge is 0.506 e. The average molecular weight is 292 g/mol. The van der Waals surface area contributed by atoms with Gasteiger partial charge in [0, 0.05) is 11.1 Å². The molecule has 0 heterocycles. The fourth-order valence-corrected chi connectivity index (χ4v) is 1.73. The molecule has 0 fully saturated rings. The van der Waals surface area contributed by atoms with Gasteiger partial charge in [-0.15, -0.1) is 0 Å². The molecule has 0 unspecified atom stereocenters. The number of benzene rings is 1. The Labute approximate surface area is 125 Å². The van der Waals surface area contributed by atoms with Gasteiger partial charge in [-0.2, -0.15) is 0 Å². The second-order valence-electron chi connectivity index (χ2n) is 7.11. The van der Waals surface area contributed by atoms with Gasteiger partial charge in [0.05, 0.1) is 11.1 Å². The maximum atomic E-state index is 12.1. The zero-order chi connectivity index (χ0) is 16.4. The van der Waals surface area contributed by atoms with Crippen LogP contribution in [0.15, 0.2) is 18.2 Å². The number of aromatic hydroxyl groups is 1. The lowest BCUT2D eigenvalue weighted by atomic mass is 10.0. The summed E-state index contributed by atoms with van der Waals surface area (Å²) in [5, 5.41) is 15.7. The van der Waals surface area contributed by atoms with Crippen molar-refractivity contribution < 1.29 is 14.7 Å². The molecule has 0 aliphatic carbocycles. The topological polar surface area (TPSA) is 78.4 Å². The third-order valence-electron chi connectivity index (χ3n) is 2.50. The Morgan fingerprint density at radius 2 is 1.19 bits per heavy atom. The van der Waals surface area contributed by atoms with Crippen molar-refractivity contribution in [2.45, 2.75) is 52.6 Å². The zero-order valence-electron chi connectivity index (χ0n) is 13.5. The van der Waals surface area contributed by atoms with E-state index in [-0.39, 0.29) is 16.9 Å². The van der Waals surface area contributed by atoms with Crippen molar-refractivity contribution in [2.24, 2.45) is 0 Å².